The molecule has 0 heterocycles. The lowest BCUT2D eigenvalue weighted by Gasteiger charge is -2.01. The fraction of sp³-hybridized carbons (Fsp3) is 0.400. The zero-order valence-corrected chi connectivity index (χ0v) is 5.94. The molecular formula is C5H9O2P. The van der Waals surface area contributed by atoms with Gasteiger partial charge in [-0.1, -0.05) is 6.30 Å². The van der Waals surface area contributed by atoms with Crippen molar-refractivity contribution in [3.8, 4) is 0 Å². The minimum Gasteiger partial charge on any atom is -0.298 e. The second kappa shape index (κ2) is 2.27. The van der Waals surface area contributed by atoms with Gasteiger partial charge in [0.25, 0.3) is 0 Å². The molecule has 0 amide bonds. The summed E-state index contributed by atoms with van der Waals surface area (Å²) < 4.78 is 0. The van der Waals surface area contributed by atoms with Crippen LogP contribution in [0.25, 0.3) is 0 Å². The molecule has 0 aromatic heterocycles. The Morgan fingerprint density at radius 2 is 2.12 bits per heavy atom. The van der Waals surface area contributed by atoms with Crippen LogP contribution in [0.2, 0.25) is 0 Å². The van der Waals surface area contributed by atoms with Gasteiger partial charge in [-0.2, -0.15) is 0 Å². The Labute approximate surface area is 48.9 Å². The Hall–Kier alpha value is -0.360. The molecule has 0 aliphatic carbocycles. The number of carbonyl (C=O) groups excluding carboxylic acids is 2. The first-order chi connectivity index (χ1) is 3.50. The van der Waals surface area contributed by atoms with Crippen LogP contribution < -0.4 is 0 Å². The molecule has 8 heavy (non-hydrogen) atoms. The van der Waals surface area contributed by atoms with Crippen LogP contribution in [0, 0.1) is 0 Å². The highest BCUT2D eigenvalue weighted by atomic mass is 31.2. The topological polar surface area (TPSA) is 34.1 Å². The summed E-state index contributed by atoms with van der Waals surface area (Å²) in [5.74, 6) is 0. The fourth-order valence-corrected chi connectivity index (χ4v) is 0.223. The van der Waals surface area contributed by atoms with Crippen LogP contribution in [0.15, 0.2) is 0 Å². The minimum absolute atomic E-state index is 0.0903. The van der Waals surface area contributed by atoms with E-state index < -0.39 is 6.89 Å². The first kappa shape index (κ1) is 7.64. The Kier molecular flexibility index (Phi) is 2.17. The lowest BCUT2D eigenvalue weighted by atomic mass is 10.9. The van der Waals surface area contributed by atoms with E-state index in [9.17, 15) is 9.59 Å². The van der Waals surface area contributed by atoms with Crippen LogP contribution >= 0.6 is 6.89 Å². The van der Waals surface area contributed by atoms with Gasteiger partial charge in [0.1, 0.15) is 6.03 Å². The van der Waals surface area contributed by atoms with E-state index in [1.54, 1.807) is 6.66 Å². The number of rotatable bonds is 2. The zero-order valence-electron chi connectivity index (χ0n) is 5.05. The van der Waals surface area contributed by atoms with Gasteiger partial charge in [-0.15, -0.1) is 0 Å². The van der Waals surface area contributed by atoms with Crippen LogP contribution in [-0.4, -0.2) is 24.5 Å². The summed E-state index contributed by atoms with van der Waals surface area (Å²) in [7, 11) is 0. The van der Waals surface area contributed by atoms with E-state index in [4.69, 9.17) is 0 Å². The molecule has 2 nitrogen and oxygen atoms in total. The van der Waals surface area contributed by atoms with Crippen molar-refractivity contribution in [1.29, 1.82) is 0 Å². The maximum absolute atomic E-state index is 10.5. The lowest BCUT2D eigenvalue weighted by Crippen LogP contribution is -1.91. The minimum atomic E-state index is -2.06. The monoisotopic (exact) mass is 132 g/mol. The van der Waals surface area contributed by atoms with Crippen molar-refractivity contribution in [3.63, 3.8) is 0 Å². The van der Waals surface area contributed by atoms with Crippen molar-refractivity contribution in [1.82, 2.24) is 0 Å². The molecule has 0 saturated carbocycles. The van der Waals surface area contributed by atoms with E-state index in [0.29, 0.717) is 6.03 Å². The molecule has 0 saturated heterocycles. The van der Waals surface area contributed by atoms with E-state index >= 15 is 0 Å². The van der Waals surface area contributed by atoms with Crippen molar-refractivity contribution in [2.45, 2.75) is 6.92 Å². The van der Waals surface area contributed by atoms with E-state index in [2.05, 4.69) is 6.30 Å². The van der Waals surface area contributed by atoms with Crippen LogP contribution in [0.5, 0.6) is 0 Å². The van der Waals surface area contributed by atoms with Gasteiger partial charge in [0.05, 0.1) is 0 Å². The van der Waals surface area contributed by atoms with Crippen LogP contribution in [0.1, 0.15) is 6.92 Å². The summed E-state index contributed by atoms with van der Waals surface area (Å²) >= 11 is 0. The maximum Gasteiger partial charge on any atom is 0.156 e. The summed E-state index contributed by atoms with van der Waals surface area (Å²) in [5.41, 5.74) is -0.0903. The van der Waals surface area contributed by atoms with Gasteiger partial charge in [0.2, 0.25) is 0 Å². The van der Waals surface area contributed by atoms with E-state index in [1.807, 2.05) is 0 Å². The third-order valence-electron chi connectivity index (χ3n) is 0.952. The molecule has 1 unspecified atom stereocenters. The summed E-state index contributed by atoms with van der Waals surface area (Å²) in [6, 6.07) is 0.662. The molecule has 0 aliphatic heterocycles. The Bertz CT molecular complexity index is 160. The predicted octanol–water partition coefficient (Wildman–Crippen LogP) is 0.802. The number of carbonyl (C=O) groups is 2. The SMILES string of the molecule is C=P(C)(C=O)C(C)=O. The van der Waals surface area contributed by atoms with E-state index in [1.165, 1.54) is 6.92 Å². The van der Waals surface area contributed by atoms with Gasteiger partial charge in [-0.3, -0.25) is 9.59 Å². The molecule has 0 radical (unpaired) electrons. The highest BCUT2D eigenvalue weighted by Gasteiger charge is 2.09. The van der Waals surface area contributed by atoms with Crippen LogP contribution in [0.4, 0.5) is 0 Å². The molecule has 0 fully saturated rings. The molecule has 46 valence electrons. The molecule has 0 bridgehead atoms. The second-order valence-corrected chi connectivity index (χ2v) is 5.27. The molecular weight excluding hydrogens is 123 g/mol. The van der Waals surface area contributed by atoms with Gasteiger partial charge < -0.3 is 0 Å². The van der Waals surface area contributed by atoms with Gasteiger partial charge in [-0.05, 0) is 13.6 Å². The molecule has 0 N–H and O–H groups in total. The molecule has 0 aromatic rings. The van der Waals surface area contributed by atoms with Gasteiger partial charge in [-0.25, -0.2) is 0 Å². The quantitative estimate of drug-likeness (QED) is 0.411. The average Bonchev–Trinajstić information content (AvgIpc) is 1.67. The third-order valence-corrected chi connectivity index (χ3v) is 2.86. The molecule has 3 heteroatoms. The lowest BCUT2D eigenvalue weighted by molar-refractivity contribution is -0.109. The van der Waals surface area contributed by atoms with Crippen LogP contribution in [0.3, 0.4) is 0 Å². The first-order valence-corrected chi connectivity index (χ1v) is 4.68. The van der Waals surface area contributed by atoms with Crippen molar-refractivity contribution in [3.05, 3.63) is 0 Å². The van der Waals surface area contributed by atoms with Gasteiger partial charge >= 0.3 is 0 Å². The summed E-state index contributed by atoms with van der Waals surface area (Å²) in [5, 5.41) is 0. The maximum atomic E-state index is 10.5. The predicted molar refractivity (Wildman–Crippen MR) is 37.4 cm³/mol. The van der Waals surface area contributed by atoms with Gasteiger partial charge in [0, 0.05) is 6.89 Å². The fourth-order valence-electron chi connectivity index (χ4n) is 0.0742. The molecule has 0 rings (SSSR count). The van der Waals surface area contributed by atoms with Crippen molar-refractivity contribution in [2.75, 3.05) is 6.66 Å². The van der Waals surface area contributed by atoms with E-state index in [0.717, 1.165) is 0 Å². The number of hydrogen-bond acceptors (Lipinski definition) is 2. The Balaban J connectivity index is 4.38. The first-order valence-electron chi connectivity index (χ1n) is 2.19. The van der Waals surface area contributed by atoms with Crippen molar-refractivity contribution >= 4 is 24.7 Å². The zero-order chi connectivity index (χ0) is 6.78. The van der Waals surface area contributed by atoms with E-state index in [-0.39, 0.29) is 5.52 Å². The second-order valence-electron chi connectivity index (χ2n) is 1.89. The van der Waals surface area contributed by atoms with Gasteiger partial charge in [0.15, 0.2) is 5.52 Å². The molecule has 1 atom stereocenters. The smallest absolute Gasteiger partial charge is 0.156 e. The van der Waals surface area contributed by atoms with Crippen molar-refractivity contribution < 1.29 is 9.59 Å². The molecule has 0 spiro atoms. The summed E-state index contributed by atoms with van der Waals surface area (Å²) in [4.78, 5) is 20.5. The van der Waals surface area contributed by atoms with Crippen molar-refractivity contribution in [2.24, 2.45) is 0 Å². The normalized spacial score (nSPS) is 16.8. The standard InChI is InChI=1S/C5H9O2P/c1-5(7)8(2,3)4-6/h4H,2H2,1,3H3. The highest BCUT2D eigenvalue weighted by Crippen LogP contribution is 2.36. The largest absolute Gasteiger partial charge is 0.298 e. The summed E-state index contributed by atoms with van der Waals surface area (Å²) in [6.07, 6.45) is 3.48. The molecule has 0 aromatic carbocycles. The Morgan fingerprint density at radius 1 is 1.75 bits per heavy atom. The number of hydrogen-bond donors (Lipinski definition) is 0. The molecule has 0 aliphatic rings. The average molecular weight is 132 g/mol. The summed E-state index contributed by atoms with van der Waals surface area (Å²) in [6.45, 7) is 0.933. The third kappa shape index (κ3) is 1.63. The Morgan fingerprint density at radius 3 is 2.12 bits per heavy atom. The van der Waals surface area contributed by atoms with Crippen LogP contribution in [-0.2, 0) is 9.59 Å². The highest BCUT2D eigenvalue weighted by molar-refractivity contribution is 7.99.